The maximum Gasteiger partial charge on any atom is 0.259 e. The van der Waals surface area contributed by atoms with Crippen molar-refractivity contribution in [1.29, 1.82) is 0 Å². The first kappa shape index (κ1) is 22.9. The van der Waals surface area contributed by atoms with Gasteiger partial charge in [0.1, 0.15) is 17.2 Å². The highest BCUT2D eigenvalue weighted by molar-refractivity contribution is 6.00. The van der Waals surface area contributed by atoms with E-state index in [0.29, 0.717) is 54.6 Å². The number of pyridine rings is 1. The maximum atomic E-state index is 14.1. The number of hydrogen-bond acceptors (Lipinski definition) is 6. The number of morpholine rings is 1. The molecule has 5 heterocycles. The molecule has 10 heteroatoms. The fraction of sp³-hybridized carbons (Fsp3) is 0.286. The lowest BCUT2D eigenvalue weighted by Crippen LogP contribution is -2.40. The molecule has 192 valence electrons. The number of benzene rings is 1. The SMILES string of the molecule is O=C(c1cnn2c(N[C@@H]3CCc4[nH]c5ccccc5c4C3)cc(-c3cncc(F)c3)nc12)N1CCOCC1. The first-order valence-corrected chi connectivity index (χ1v) is 12.9. The quantitative estimate of drug-likeness (QED) is 0.380. The van der Waals surface area contributed by atoms with E-state index in [4.69, 9.17) is 9.72 Å². The molecule has 9 nitrogen and oxygen atoms in total. The average molecular weight is 512 g/mol. The van der Waals surface area contributed by atoms with Crippen molar-refractivity contribution in [1.82, 2.24) is 29.5 Å². The zero-order valence-corrected chi connectivity index (χ0v) is 20.7. The van der Waals surface area contributed by atoms with Crippen LogP contribution in [0.25, 0.3) is 27.8 Å². The zero-order chi connectivity index (χ0) is 25.6. The monoisotopic (exact) mass is 511 g/mol. The number of carbonyl (C=O) groups excluding carboxylic acids is 1. The Kier molecular flexibility index (Phi) is 5.54. The minimum absolute atomic E-state index is 0.141. The molecule has 0 radical (unpaired) electrons. The smallest absolute Gasteiger partial charge is 0.259 e. The van der Waals surface area contributed by atoms with Crippen LogP contribution >= 0.6 is 0 Å². The van der Waals surface area contributed by atoms with Gasteiger partial charge in [-0.1, -0.05) is 18.2 Å². The molecule has 1 aliphatic carbocycles. The molecule has 38 heavy (non-hydrogen) atoms. The van der Waals surface area contributed by atoms with Crippen molar-refractivity contribution < 1.29 is 13.9 Å². The van der Waals surface area contributed by atoms with Crippen molar-refractivity contribution in [3.63, 3.8) is 0 Å². The number of fused-ring (bicyclic) bond motifs is 4. The van der Waals surface area contributed by atoms with Crippen molar-refractivity contribution in [2.24, 2.45) is 0 Å². The van der Waals surface area contributed by atoms with Crippen LogP contribution in [-0.4, -0.2) is 67.7 Å². The minimum Gasteiger partial charge on any atom is -0.378 e. The second kappa shape index (κ2) is 9.21. The molecule has 1 saturated heterocycles. The number of nitrogens with one attached hydrogen (secondary N) is 2. The number of aryl methyl sites for hydroxylation is 1. The number of halogens is 1. The Balaban J connectivity index is 1.28. The van der Waals surface area contributed by atoms with Gasteiger partial charge in [0.25, 0.3) is 5.91 Å². The first-order valence-electron chi connectivity index (χ1n) is 12.9. The molecule has 1 aliphatic heterocycles. The normalized spacial score (nSPS) is 17.6. The number of para-hydroxylation sites is 1. The van der Waals surface area contributed by atoms with E-state index < -0.39 is 5.82 Å². The Morgan fingerprint density at radius 3 is 2.87 bits per heavy atom. The third-order valence-electron chi connectivity index (χ3n) is 7.45. The molecule has 1 atom stereocenters. The van der Waals surface area contributed by atoms with E-state index in [9.17, 15) is 9.18 Å². The third-order valence-corrected chi connectivity index (χ3v) is 7.45. The number of amides is 1. The molecule has 2 N–H and O–H groups in total. The molecule has 0 saturated carbocycles. The summed E-state index contributed by atoms with van der Waals surface area (Å²) in [6.07, 6.45) is 7.01. The summed E-state index contributed by atoms with van der Waals surface area (Å²) in [5.41, 5.74) is 5.65. The van der Waals surface area contributed by atoms with Gasteiger partial charge >= 0.3 is 0 Å². The number of aromatic nitrogens is 5. The molecule has 0 spiro atoms. The predicted octanol–water partition coefficient (Wildman–Crippen LogP) is 3.85. The van der Waals surface area contributed by atoms with Gasteiger partial charge in [-0.05, 0) is 37.0 Å². The topological polar surface area (TPSA) is 100 Å². The van der Waals surface area contributed by atoms with Crippen molar-refractivity contribution in [2.75, 3.05) is 31.6 Å². The number of rotatable bonds is 4. The van der Waals surface area contributed by atoms with Gasteiger partial charge in [-0.2, -0.15) is 9.61 Å². The molecule has 2 aliphatic rings. The zero-order valence-electron chi connectivity index (χ0n) is 20.7. The van der Waals surface area contributed by atoms with Crippen molar-refractivity contribution in [3.8, 4) is 11.3 Å². The second-order valence-corrected chi connectivity index (χ2v) is 9.83. The fourth-order valence-electron chi connectivity index (χ4n) is 5.55. The summed E-state index contributed by atoms with van der Waals surface area (Å²) in [5.74, 6) is 0.108. The van der Waals surface area contributed by atoms with Gasteiger partial charge in [0.2, 0.25) is 0 Å². The van der Waals surface area contributed by atoms with Gasteiger partial charge < -0.3 is 19.9 Å². The summed E-state index contributed by atoms with van der Waals surface area (Å²) in [4.78, 5) is 27.5. The van der Waals surface area contributed by atoms with Crippen LogP contribution in [0.15, 0.2) is 55.0 Å². The number of hydrogen-bond donors (Lipinski definition) is 2. The summed E-state index contributed by atoms with van der Waals surface area (Å²) in [5, 5.41) is 9.47. The Bertz CT molecular complexity index is 1670. The molecule has 1 aromatic carbocycles. The largest absolute Gasteiger partial charge is 0.378 e. The fourth-order valence-corrected chi connectivity index (χ4v) is 5.55. The third kappa shape index (κ3) is 3.97. The van der Waals surface area contributed by atoms with E-state index >= 15 is 0 Å². The molecular formula is C28H26FN7O2. The summed E-state index contributed by atoms with van der Waals surface area (Å²) >= 11 is 0. The summed E-state index contributed by atoms with van der Waals surface area (Å²) < 4.78 is 21.2. The van der Waals surface area contributed by atoms with Crippen LogP contribution in [0.3, 0.4) is 0 Å². The summed E-state index contributed by atoms with van der Waals surface area (Å²) in [6.45, 7) is 2.04. The first-order chi connectivity index (χ1) is 18.6. The van der Waals surface area contributed by atoms with Crippen LogP contribution in [0.5, 0.6) is 0 Å². The number of carbonyl (C=O) groups is 1. The number of nitrogens with zero attached hydrogens (tertiary/aromatic N) is 5. The average Bonchev–Trinajstić information content (AvgIpc) is 3.55. The van der Waals surface area contributed by atoms with Gasteiger partial charge in [0, 0.05) is 53.6 Å². The molecule has 1 fully saturated rings. The maximum absolute atomic E-state index is 14.1. The number of anilines is 1. The van der Waals surface area contributed by atoms with E-state index in [2.05, 4.69) is 38.6 Å². The summed E-state index contributed by atoms with van der Waals surface area (Å²) in [7, 11) is 0. The molecule has 0 unspecified atom stereocenters. The van der Waals surface area contributed by atoms with Crippen LogP contribution < -0.4 is 5.32 Å². The van der Waals surface area contributed by atoms with Crippen LogP contribution in [0.2, 0.25) is 0 Å². The van der Waals surface area contributed by atoms with Crippen LogP contribution in [-0.2, 0) is 17.6 Å². The van der Waals surface area contributed by atoms with Crippen LogP contribution in [0.4, 0.5) is 10.2 Å². The predicted molar refractivity (Wildman–Crippen MR) is 141 cm³/mol. The van der Waals surface area contributed by atoms with E-state index in [0.717, 1.165) is 31.0 Å². The number of ether oxygens (including phenoxy) is 1. The lowest BCUT2D eigenvalue weighted by atomic mass is 9.91. The second-order valence-electron chi connectivity index (χ2n) is 9.83. The Morgan fingerprint density at radius 2 is 2.00 bits per heavy atom. The van der Waals surface area contributed by atoms with Crippen molar-refractivity contribution in [2.45, 2.75) is 25.3 Å². The van der Waals surface area contributed by atoms with E-state index in [1.165, 1.54) is 22.7 Å². The molecule has 5 aromatic rings. The van der Waals surface area contributed by atoms with Crippen molar-refractivity contribution in [3.05, 3.63) is 77.6 Å². The number of H-pyrrole nitrogens is 1. The molecule has 1 amide bonds. The molecule has 0 bridgehead atoms. The number of aromatic amines is 1. The molecule has 4 aromatic heterocycles. The van der Waals surface area contributed by atoms with E-state index in [1.807, 2.05) is 12.1 Å². The lowest BCUT2D eigenvalue weighted by molar-refractivity contribution is 0.0304. The van der Waals surface area contributed by atoms with Crippen molar-refractivity contribution >= 4 is 28.3 Å². The standard InChI is InChI=1S/C28H26FN7O2/c29-18-11-17(14-30-15-18)25-13-26(32-19-5-6-24-21(12-19)20-3-1-2-4-23(20)33-24)36-27(34-25)22(16-31-36)28(37)35-7-9-38-10-8-35/h1-4,11,13-16,19,32-33H,5-10,12H2/t19-/m1/s1. The lowest BCUT2D eigenvalue weighted by Gasteiger charge is -2.26. The Labute approximate surface area is 217 Å². The summed E-state index contributed by atoms with van der Waals surface area (Å²) in [6, 6.07) is 11.8. The molecular weight excluding hydrogens is 485 g/mol. The highest BCUT2D eigenvalue weighted by atomic mass is 19.1. The van der Waals surface area contributed by atoms with Gasteiger partial charge in [0.15, 0.2) is 5.65 Å². The van der Waals surface area contributed by atoms with Gasteiger partial charge in [-0.3, -0.25) is 9.78 Å². The van der Waals surface area contributed by atoms with Gasteiger partial charge in [-0.15, -0.1) is 0 Å². The molecule has 7 rings (SSSR count). The minimum atomic E-state index is -0.448. The Morgan fingerprint density at radius 1 is 1.13 bits per heavy atom. The van der Waals surface area contributed by atoms with Crippen LogP contribution in [0.1, 0.15) is 28.0 Å². The van der Waals surface area contributed by atoms with Gasteiger partial charge in [0.05, 0.1) is 31.3 Å². The Hall–Kier alpha value is -4.31. The van der Waals surface area contributed by atoms with E-state index in [1.54, 1.807) is 21.8 Å². The highest BCUT2D eigenvalue weighted by Crippen LogP contribution is 2.31. The van der Waals surface area contributed by atoms with Crippen LogP contribution in [0, 0.1) is 5.82 Å². The highest BCUT2D eigenvalue weighted by Gasteiger charge is 2.26. The van der Waals surface area contributed by atoms with E-state index in [-0.39, 0.29) is 11.9 Å². The van der Waals surface area contributed by atoms with Gasteiger partial charge in [-0.25, -0.2) is 9.37 Å².